The Morgan fingerprint density at radius 3 is 2.74 bits per heavy atom. The third-order valence-electron chi connectivity index (χ3n) is 4.09. The van der Waals surface area contributed by atoms with Gasteiger partial charge in [-0.15, -0.1) is 0 Å². The Bertz CT molecular complexity index is 865. The van der Waals surface area contributed by atoms with Crippen LogP contribution in [0.15, 0.2) is 30.5 Å². The zero-order valence-electron chi connectivity index (χ0n) is 15.8. The summed E-state index contributed by atoms with van der Waals surface area (Å²) in [5.74, 6) is 0.479. The van der Waals surface area contributed by atoms with Crippen molar-refractivity contribution in [3.63, 3.8) is 0 Å². The first-order valence-electron chi connectivity index (χ1n) is 8.90. The van der Waals surface area contributed by atoms with Crippen molar-refractivity contribution in [3.8, 4) is 6.07 Å². The van der Waals surface area contributed by atoms with E-state index in [2.05, 4.69) is 21.4 Å². The Hall–Kier alpha value is -3.14. The number of rotatable bonds is 3. The minimum atomic E-state index is -0.520. The summed E-state index contributed by atoms with van der Waals surface area (Å²) in [4.78, 5) is 22.9. The maximum atomic E-state index is 12.3. The fourth-order valence-corrected chi connectivity index (χ4v) is 2.77. The maximum absolute atomic E-state index is 12.3. The molecular formula is C20H23N5O2. The number of nitrogens with zero attached hydrogens (tertiary/aromatic N) is 4. The van der Waals surface area contributed by atoms with Gasteiger partial charge in [-0.05, 0) is 50.5 Å². The van der Waals surface area contributed by atoms with Crippen LogP contribution >= 0.6 is 0 Å². The van der Waals surface area contributed by atoms with Crippen LogP contribution in [0.3, 0.4) is 0 Å². The molecule has 0 saturated carbocycles. The molecule has 1 amide bonds. The molecule has 0 spiro atoms. The van der Waals surface area contributed by atoms with Crippen molar-refractivity contribution in [2.75, 3.05) is 11.9 Å². The molecule has 0 saturated heterocycles. The molecule has 27 heavy (non-hydrogen) atoms. The van der Waals surface area contributed by atoms with E-state index in [0.717, 1.165) is 22.5 Å². The Morgan fingerprint density at radius 2 is 2.07 bits per heavy atom. The second-order valence-electron chi connectivity index (χ2n) is 7.47. The number of hydrogen-bond acceptors (Lipinski definition) is 6. The predicted molar refractivity (Wildman–Crippen MR) is 101 cm³/mol. The first-order valence-corrected chi connectivity index (χ1v) is 8.90. The van der Waals surface area contributed by atoms with Gasteiger partial charge in [0.25, 0.3) is 0 Å². The summed E-state index contributed by atoms with van der Waals surface area (Å²) in [6.45, 7) is 6.57. The van der Waals surface area contributed by atoms with Crippen molar-refractivity contribution in [2.45, 2.75) is 45.8 Å². The number of nitrogens with one attached hydrogen (secondary N) is 1. The number of aromatic nitrogens is 2. The number of carbonyl (C=O) groups excluding carboxylic acids is 1. The van der Waals surface area contributed by atoms with Crippen molar-refractivity contribution in [3.05, 3.63) is 47.3 Å². The summed E-state index contributed by atoms with van der Waals surface area (Å²) in [6.07, 6.45) is 2.57. The van der Waals surface area contributed by atoms with Crippen LogP contribution in [0, 0.1) is 11.3 Å². The Labute approximate surface area is 159 Å². The quantitative estimate of drug-likeness (QED) is 0.894. The Balaban J connectivity index is 1.70. The summed E-state index contributed by atoms with van der Waals surface area (Å²) in [5, 5.41) is 11.9. The predicted octanol–water partition coefficient (Wildman–Crippen LogP) is 3.58. The molecule has 0 bridgehead atoms. The van der Waals surface area contributed by atoms with E-state index < -0.39 is 5.60 Å². The second kappa shape index (κ2) is 7.62. The lowest BCUT2D eigenvalue weighted by atomic mass is 10.1. The van der Waals surface area contributed by atoms with Gasteiger partial charge in [0.05, 0.1) is 24.7 Å². The van der Waals surface area contributed by atoms with E-state index in [0.29, 0.717) is 31.9 Å². The molecule has 1 aliphatic rings. The molecule has 0 atom stereocenters. The number of fused-ring (bicyclic) bond motifs is 1. The van der Waals surface area contributed by atoms with Gasteiger partial charge >= 0.3 is 6.09 Å². The standard InChI is InChI=1S/C20H23N5O2/c1-20(2,3)27-19(26)25-11-9-15-12-22-18(24-17(15)13-25)23-16-6-4-14(5-7-16)8-10-21/h4-7,12H,8-9,11,13H2,1-3H3,(H,22,23,24). The van der Waals surface area contributed by atoms with E-state index >= 15 is 0 Å². The third-order valence-corrected chi connectivity index (χ3v) is 4.09. The Morgan fingerprint density at radius 1 is 1.33 bits per heavy atom. The van der Waals surface area contributed by atoms with Crippen molar-refractivity contribution >= 4 is 17.7 Å². The summed E-state index contributed by atoms with van der Waals surface area (Å²) >= 11 is 0. The van der Waals surface area contributed by atoms with Crippen LogP contribution in [0.5, 0.6) is 0 Å². The van der Waals surface area contributed by atoms with E-state index in [1.165, 1.54) is 0 Å². The fourth-order valence-electron chi connectivity index (χ4n) is 2.77. The summed E-state index contributed by atoms with van der Waals surface area (Å²) < 4.78 is 5.45. The highest BCUT2D eigenvalue weighted by Gasteiger charge is 2.26. The molecule has 2 heterocycles. The topological polar surface area (TPSA) is 91.1 Å². The molecule has 0 unspecified atom stereocenters. The molecule has 7 nitrogen and oxygen atoms in total. The van der Waals surface area contributed by atoms with Crippen molar-refractivity contribution in [1.29, 1.82) is 5.26 Å². The zero-order valence-corrected chi connectivity index (χ0v) is 15.8. The minimum Gasteiger partial charge on any atom is -0.444 e. The van der Waals surface area contributed by atoms with Crippen LogP contribution in [0.2, 0.25) is 0 Å². The van der Waals surface area contributed by atoms with Crippen molar-refractivity contribution in [1.82, 2.24) is 14.9 Å². The van der Waals surface area contributed by atoms with Gasteiger partial charge < -0.3 is 15.0 Å². The van der Waals surface area contributed by atoms with Crippen LogP contribution in [-0.4, -0.2) is 33.1 Å². The molecule has 0 radical (unpaired) electrons. The second-order valence-corrected chi connectivity index (χ2v) is 7.47. The fraction of sp³-hybridized carbons (Fsp3) is 0.400. The first kappa shape index (κ1) is 18.6. The van der Waals surface area contributed by atoms with Crippen molar-refractivity contribution in [2.24, 2.45) is 0 Å². The number of hydrogen-bond donors (Lipinski definition) is 1. The lowest BCUT2D eigenvalue weighted by Crippen LogP contribution is -2.40. The first-order chi connectivity index (χ1) is 12.8. The smallest absolute Gasteiger partial charge is 0.410 e. The highest BCUT2D eigenvalue weighted by atomic mass is 16.6. The molecule has 1 aliphatic heterocycles. The summed E-state index contributed by atoms with van der Waals surface area (Å²) in [6, 6.07) is 9.70. The van der Waals surface area contributed by atoms with E-state index in [4.69, 9.17) is 10.00 Å². The Kier molecular flexibility index (Phi) is 5.26. The van der Waals surface area contributed by atoms with Gasteiger partial charge in [-0.2, -0.15) is 5.26 Å². The molecule has 3 rings (SSSR count). The number of anilines is 2. The largest absolute Gasteiger partial charge is 0.444 e. The number of amides is 1. The molecule has 2 aromatic rings. The van der Waals surface area contributed by atoms with E-state index in [1.54, 1.807) is 11.1 Å². The van der Waals surface area contributed by atoms with Gasteiger partial charge in [0.15, 0.2) is 0 Å². The van der Waals surface area contributed by atoms with Crippen LogP contribution in [0.1, 0.15) is 37.6 Å². The lowest BCUT2D eigenvalue weighted by Gasteiger charge is -2.30. The third kappa shape index (κ3) is 4.94. The van der Waals surface area contributed by atoms with Crippen LogP contribution < -0.4 is 5.32 Å². The molecule has 140 valence electrons. The SMILES string of the molecule is CC(C)(C)OC(=O)N1CCc2cnc(Nc3ccc(CC#N)cc3)nc2C1. The molecule has 1 aromatic heterocycles. The number of benzene rings is 1. The van der Waals surface area contributed by atoms with Crippen LogP contribution in [0.4, 0.5) is 16.4 Å². The minimum absolute atomic E-state index is 0.325. The van der Waals surface area contributed by atoms with Gasteiger partial charge in [-0.3, -0.25) is 0 Å². The van der Waals surface area contributed by atoms with E-state index in [1.807, 2.05) is 45.0 Å². The normalized spacial score (nSPS) is 13.5. The van der Waals surface area contributed by atoms with Crippen LogP contribution in [-0.2, 0) is 24.1 Å². The van der Waals surface area contributed by atoms with Gasteiger partial charge in [0, 0.05) is 18.4 Å². The molecule has 0 fully saturated rings. The van der Waals surface area contributed by atoms with E-state index in [9.17, 15) is 4.79 Å². The number of nitriles is 1. The van der Waals surface area contributed by atoms with Crippen molar-refractivity contribution < 1.29 is 9.53 Å². The van der Waals surface area contributed by atoms with Gasteiger partial charge in [-0.25, -0.2) is 14.8 Å². The van der Waals surface area contributed by atoms with Gasteiger partial charge in [0.1, 0.15) is 5.60 Å². The molecule has 1 aromatic carbocycles. The number of carbonyl (C=O) groups is 1. The molecular weight excluding hydrogens is 342 g/mol. The average molecular weight is 365 g/mol. The van der Waals surface area contributed by atoms with Gasteiger partial charge in [-0.1, -0.05) is 12.1 Å². The number of ether oxygens (including phenoxy) is 1. The molecule has 0 aliphatic carbocycles. The highest BCUT2D eigenvalue weighted by molar-refractivity contribution is 5.68. The highest BCUT2D eigenvalue weighted by Crippen LogP contribution is 2.21. The zero-order chi connectivity index (χ0) is 19.4. The lowest BCUT2D eigenvalue weighted by molar-refractivity contribution is 0.0220. The average Bonchev–Trinajstić information content (AvgIpc) is 2.61. The monoisotopic (exact) mass is 365 g/mol. The summed E-state index contributed by atoms with van der Waals surface area (Å²) in [5.41, 5.74) is 3.15. The maximum Gasteiger partial charge on any atom is 0.410 e. The molecule has 7 heteroatoms. The van der Waals surface area contributed by atoms with E-state index in [-0.39, 0.29) is 6.09 Å². The summed E-state index contributed by atoms with van der Waals surface area (Å²) in [7, 11) is 0. The van der Waals surface area contributed by atoms with Gasteiger partial charge in [0.2, 0.25) is 5.95 Å². The van der Waals surface area contributed by atoms with Crippen LogP contribution in [0.25, 0.3) is 0 Å². The molecule has 1 N–H and O–H groups in total.